The van der Waals surface area contributed by atoms with Gasteiger partial charge in [-0.05, 0) is 41.9 Å². The van der Waals surface area contributed by atoms with Crippen LogP contribution in [-0.2, 0) is 9.16 Å². The number of fused-ring (bicyclic) bond motifs is 1. The number of rotatable bonds is 6. The third-order valence-corrected chi connectivity index (χ3v) is 11.6. The maximum atomic E-state index is 14.9. The molecule has 3 fully saturated rings. The number of carbonyl (C=O) groups excluding carboxylic acids is 1. The van der Waals surface area contributed by atoms with Crippen LogP contribution in [0.4, 0.5) is 20.6 Å². The number of anilines is 2. The number of amides is 1. The van der Waals surface area contributed by atoms with Crippen LogP contribution in [0.2, 0.25) is 18.1 Å². The van der Waals surface area contributed by atoms with E-state index in [1.54, 1.807) is 12.1 Å². The largest absolute Gasteiger partial charge is 0.444 e. The molecule has 0 radical (unpaired) electrons. The molecule has 0 aromatic heterocycles. The van der Waals surface area contributed by atoms with Gasteiger partial charge in [-0.25, -0.2) is 9.18 Å². The van der Waals surface area contributed by atoms with E-state index in [9.17, 15) is 9.18 Å². The molecule has 1 aliphatic carbocycles. The molecule has 1 aromatic carbocycles. The van der Waals surface area contributed by atoms with Gasteiger partial charge in [-0.15, -0.1) is 0 Å². The second-order valence-corrected chi connectivity index (χ2v) is 15.0. The fourth-order valence-electron chi connectivity index (χ4n) is 4.24. The van der Waals surface area contributed by atoms with Crippen molar-refractivity contribution in [2.24, 2.45) is 17.0 Å². The Balaban J connectivity index is 1.38. The second kappa shape index (κ2) is 7.69. The Morgan fingerprint density at radius 3 is 2.55 bits per heavy atom. The molecule has 3 aliphatic rings. The summed E-state index contributed by atoms with van der Waals surface area (Å²) in [7, 11) is -1.80. The Bertz CT molecular complexity index is 918. The monoisotopic (exact) mass is 447 g/mol. The van der Waals surface area contributed by atoms with E-state index in [2.05, 4.69) is 48.8 Å². The van der Waals surface area contributed by atoms with E-state index in [0.29, 0.717) is 29.3 Å². The molecule has 0 spiro atoms. The number of azide groups is 1. The topological polar surface area (TPSA) is 90.8 Å². The molecular weight excluding hydrogens is 417 g/mol. The highest BCUT2D eigenvalue weighted by molar-refractivity contribution is 6.74. The van der Waals surface area contributed by atoms with Crippen LogP contribution in [0.1, 0.15) is 20.8 Å². The first-order valence-electron chi connectivity index (χ1n) is 10.7. The fraction of sp³-hybridized carbons (Fsp3) is 0.667. The fourth-order valence-corrected chi connectivity index (χ4v) is 5.62. The number of piperidine rings is 1. The Kier molecular flexibility index (Phi) is 5.43. The third kappa shape index (κ3) is 4.11. The van der Waals surface area contributed by atoms with Gasteiger partial charge in [0.25, 0.3) is 0 Å². The average molecular weight is 448 g/mol. The first-order chi connectivity index (χ1) is 14.5. The maximum Gasteiger partial charge on any atom is 0.414 e. The molecule has 4 atom stereocenters. The van der Waals surface area contributed by atoms with Crippen LogP contribution in [-0.4, -0.2) is 52.8 Å². The molecular formula is C21H30FN5O3Si. The number of hydrogen-bond acceptors (Lipinski definition) is 5. The van der Waals surface area contributed by atoms with Crippen LogP contribution in [0, 0.1) is 17.7 Å². The molecule has 31 heavy (non-hydrogen) atoms. The minimum Gasteiger partial charge on any atom is -0.444 e. The summed E-state index contributed by atoms with van der Waals surface area (Å²) >= 11 is 0. The number of ether oxygens (including phenoxy) is 1. The highest BCUT2D eigenvalue weighted by Gasteiger charge is 2.59. The van der Waals surface area contributed by atoms with E-state index < -0.39 is 20.5 Å². The highest BCUT2D eigenvalue weighted by Crippen LogP contribution is 2.52. The van der Waals surface area contributed by atoms with E-state index in [1.807, 2.05) is 0 Å². The van der Waals surface area contributed by atoms with Crippen LogP contribution in [0.25, 0.3) is 10.4 Å². The Hall–Kier alpha value is -2.29. The van der Waals surface area contributed by atoms with E-state index in [4.69, 9.17) is 14.7 Å². The normalized spacial score (nSPS) is 27.7. The molecule has 4 rings (SSSR count). The molecule has 1 amide bonds. The number of carbonyl (C=O) groups is 1. The number of hydrogen-bond donors (Lipinski definition) is 0. The van der Waals surface area contributed by atoms with Gasteiger partial charge in [0.05, 0.1) is 30.6 Å². The highest BCUT2D eigenvalue weighted by atomic mass is 28.4. The van der Waals surface area contributed by atoms with Gasteiger partial charge in [0.2, 0.25) is 0 Å². The van der Waals surface area contributed by atoms with E-state index >= 15 is 0 Å². The smallest absolute Gasteiger partial charge is 0.414 e. The standard InChI is InChI=1S/C21H30FN5O3Si/c1-21(2,3)31(4,5)30-19-15-11-26(12-16(15)19)18-7-6-13(8-17(18)22)27-10-14(9-24-25-23)29-20(27)28/h6-8,14-16,19H,9-12H2,1-5H3/t14-,15-,16+,19?/m0/s1. The molecule has 2 aliphatic heterocycles. The predicted octanol–water partition coefficient (Wildman–Crippen LogP) is 4.92. The van der Waals surface area contributed by atoms with Crippen LogP contribution in [0.15, 0.2) is 23.3 Å². The van der Waals surface area contributed by atoms with Crippen molar-refractivity contribution in [3.8, 4) is 0 Å². The molecule has 1 saturated carbocycles. The molecule has 168 valence electrons. The summed E-state index contributed by atoms with van der Waals surface area (Å²) in [5.41, 5.74) is 9.42. The van der Waals surface area contributed by atoms with Gasteiger partial charge in [-0.3, -0.25) is 4.90 Å². The molecule has 2 heterocycles. The molecule has 0 bridgehead atoms. The molecule has 1 aromatic rings. The lowest BCUT2D eigenvalue weighted by Crippen LogP contribution is -2.43. The summed E-state index contributed by atoms with van der Waals surface area (Å²) in [4.78, 5) is 18.2. The minimum absolute atomic E-state index is 0.0635. The third-order valence-electron chi connectivity index (χ3n) is 7.16. The Labute approximate surface area is 183 Å². The number of benzene rings is 1. The van der Waals surface area contributed by atoms with Gasteiger partial charge in [-0.1, -0.05) is 25.9 Å². The van der Waals surface area contributed by atoms with Crippen LogP contribution < -0.4 is 9.80 Å². The van der Waals surface area contributed by atoms with Gasteiger partial charge in [-0.2, -0.15) is 0 Å². The van der Waals surface area contributed by atoms with Crippen LogP contribution >= 0.6 is 0 Å². The molecule has 2 saturated heterocycles. The van der Waals surface area contributed by atoms with E-state index in [-0.39, 0.29) is 23.9 Å². The van der Waals surface area contributed by atoms with Crippen LogP contribution in [0.3, 0.4) is 0 Å². The van der Waals surface area contributed by atoms with E-state index in [1.165, 1.54) is 11.0 Å². The van der Waals surface area contributed by atoms with Crippen LogP contribution in [0.5, 0.6) is 0 Å². The summed E-state index contributed by atoms with van der Waals surface area (Å²) in [5.74, 6) is 0.568. The Morgan fingerprint density at radius 2 is 1.97 bits per heavy atom. The molecule has 10 heteroatoms. The zero-order chi connectivity index (χ0) is 22.6. The van der Waals surface area contributed by atoms with Gasteiger partial charge >= 0.3 is 6.09 Å². The lowest BCUT2D eigenvalue weighted by atomic mass is 10.2. The minimum atomic E-state index is -1.80. The maximum absolute atomic E-state index is 14.9. The number of halogens is 1. The number of nitrogens with zero attached hydrogens (tertiary/aromatic N) is 5. The van der Waals surface area contributed by atoms with E-state index in [0.717, 1.165) is 13.1 Å². The summed E-state index contributed by atoms with van der Waals surface area (Å²) in [6.07, 6.45) is -0.778. The summed E-state index contributed by atoms with van der Waals surface area (Å²) < 4.78 is 26.7. The predicted molar refractivity (Wildman–Crippen MR) is 119 cm³/mol. The van der Waals surface area contributed by atoms with Gasteiger partial charge in [0.15, 0.2) is 8.32 Å². The lowest BCUT2D eigenvalue weighted by Gasteiger charge is -2.37. The van der Waals surface area contributed by atoms with Crippen molar-refractivity contribution >= 4 is 25.8 Å². The first kappa shape index (κ1) is 21.9. The molecule has 8 nitrogen and oxygen atoms in total. The molecule has 0 N–H and O–H groups in total. The number of cyclic esters (lactones) is 1. The SMILES string of the molecule is CC(C)(C)[Si](C)(C)OC1[C@H]2CN(c3ccc(N4C[C@H](CN=[N+]=[N-])OC4=O)cc3F)C[C@@H]12. The Morgan fingerprint density at radius 1 is 1.29 bits per heavy atom. The first-order valence-corrected chi connectivity index (χ1v) is 13.6. The van der Waals surface area contributed by atoms with Crippen molar-refractivity contribution in [1.82, 2.24) is 0 Å². The second-order valence-electron chi connectivity index (χ2n) is 10.2. The average Bonchev–Trinajstić information content (AvgIpc) is 3.03. The summed E-state index contributed by atoms with van der Waals surface area (Å²) in [6, 6.07) is 4.84. The zero-order valence-electron chi connectivity index (χ0n) is 18.7. The molecule has 1 unspecified atom stereocenters. The summed E-state index contributed by atoms with van der Waals surface area (Å²) in [5, 5.41) is 3.62. The zero-order valence-corrected chi connectivity index (χ0v) is 19.7. The van der Waals surface area contributed by atoms with Gasteiger partial charge in [0, 0.05) is 29.8 Å². The lowest BCUT2D eigenvalue weighted by molar-refractivity contribution is 0.145. The quantitative estimate of drug-likeness (QED) is 0.268. The van der Waals surface area contributed by atoms with Crippen molar-refractivity contribution in [3.63, 3.8) is 0 Å². The van der Waals surface area contributed by atoms with Crippen molar-refractivity contribution < 1.29 is 18.3 Å². The summed E-state index contributed by atoms with van der Waals surface area (Å²) in [6.45, 7) is 13.2. The van der Waals surface area contributed by atoms with Crippen molar-refractivity contribution in [2.75, 3.05) is 36.0 Å². The van der Waals surface area contributed by atoms with Crippen molar-refractivity contribution in [1.29, 1.82) is 0 Å². The van der Waals surface area contributed by atoms with Gasteiger partial charge in [0.1, 0.15) is 11.9 Å². The van der Waals surface area contributed by atoms with Crippen molar-refractivity contribution in [3.05, 3.63) is 34.5 Å². The van der Waals surface area contributed by atoms with Gasteiger partial charge < -0.3 is 14.1 Å². The van der Waals surface area contributed by atoms with Crippen molar-refractivity contribution in [2.45, 2.75) is 51.1 Å².